The van der Waals surface area contributed by atoms with E-state index in [1.165, 1.54) is 4.68 Å². The number of carbonyl (C=O) groups excluding carboxylic acids is 2. The van der Waals surface area contributed by atoms with Gasteiger partial charge in [-0.15, -0.1) is 5.10 Å². The van der Waals surface area contributed by atoms with Crippen LogP contribution < -0.4 is 16.4 Å². The van der Waals surface area contributed by atoms with Crippen LogP contribution in [0.4, 0.5) is 17.2 Å². The van der Waals surface area contributed by atoms with Gasteiger partial charge in [0.2, 0.25) is 5.91 Å². The van der Waals surface area contributed by atoms with Gasteiger partial charge in [0, 0.05) is 11.4 Å². The molecule has 2 aromatic carbocycles. The number of rotatable bonds is 5. The number of aromatic nitrogens is 3. The van der Waals surface area contributed by atoms with E-state index in [1.807, 2.05) is 44.2 Å². The molecule has 8 heteroatoms. The van der Waals surface area contributed by atoms with Crippen molar-refractivity contribution in [2.75, 3.05) is 16.4 Å². The second kappa shape index (κ2) is 7.69. The summed E-state index contributed by atoms with van der Waals surface area (Å²) in [6.45, 7) is 3.74. The second-order valence-electron chi connectivity index (χ2n) is 6.22. The van der Waals surface area contributed by atoms with Crippen molar-refractivity contribution in [3.05, 3.63) is 65.4 Å². The number of aryl methyl sites for hydroxylation is 2. The largest absolute Gasteiger partial charge is 0.382 e. The predicted molar refractivity (Wildman–Crippen MR) is 103 cm³/mol. The molecular weight excluding hydrogens is 344 g/mol. The monoisotopic (exact) mass is 364 g/mol. The third-order valence-corrected chi connectivity index (χ3v) is 3.89. The fraction of sp³-hybridized carbons (Fsp3) is 0.158. The first-order valence-electron chi connectivity index (χ1n) is 8.36. The van der Waals surface area contributed by atoms with Crippen LogP contribution in [0.25, 0.3) is 0 Å². The fourth-order valence-corrected chi connectivity index (χ4v) is 2.49. The highest BCUT2D eigenvalue weighted by Gasteiger charge is 2.19. The average Bonchev–Trinajstić information content (AvgIpc) is 2.97. The number of amides is 2. The van der Waals surface area contributed by atoms with Crippen molar-refractivity contribution in [1.29, 1.82) is 0 Å². The summed E-state index contributed by atoms with van der Waals surface area (Å²) in [6.07, 6.45) is 0. The Morgan fingerprint density at radius 2 is 1.74 bits per heavy atom. The Morgan fingerprint density at radius 3 is 2.44 bits per heavy atom. The van der Waals surface area contributed by atoms with Crippen LogP contribution in [0.15, 0.2) is 48.5 Å². The lowest BCUT2D eigenvalue weighted by molar-refractivity contribution is -0.116. The van der Waals surface area contributed by atoms with Crippen LogP contribution >= 0.6 is 0 Å². The molecule has 138 valence electrons. The first-order chi connectivity index (χ1) is 12.9. The Balaban J connectivity index is 1.66. The Morgan fingerprint density at radius 1 is 1.00 bits per heavy atom. The SMILES string of the molecule is Cc1ccc(NC(=O)Cn2nnc(C(=O)Nc3cccc(C)c3)c2N)cc1. The minimum atomic E-state index is -0.483. The maximum atomic E-state index is 12.4. The van der Waals surface area contributed by atoms with Gasteiger partial charge >= 0.3 is 0 Å². The summed E-state index contributed by atoms with van der Waals surface area (Å²) >= 11 is 0. The molecule has 0 saturated carbocycles. The number of anilines is 3. The van der Waals surface area contributed by atoms with E-state index >= 15 is 0 Å². The van der Waals surface area contributed by atoms with E-state index in [9.17, 15) is 9.59 Å². The van der Waals surface area contributed by atoms with Crippen molar-refractivity contribution < 1.29 is 9.59 Å². The van der Waals surface area contributed by atoms with Crippen LogP contribution in [0.5, 0.6) is 0 Å². The normalized spacial score (nSPS) is 10.4. The molecule has 8 nitrogen and oxygen atoms in total. The second-order valence-corrected chi connectivity index (χ2v) is 6.22. The van der Waals surface area contributed by atoms with Crippen molar-refractivity contribution >= 4 is 29.0 Å². The van der Waals surface area contributed by atoms with Gasteiger partial charge in [0.1, 0.15) is 6.54 Å². The summed E-state index contributed by atoms with van der Waals surface area (Å²) in [4.78, 5) is 24.5. The van der Waals surface area contributed by atoms with Crippen molar-refractivity contribution in [2.45, 2.75) is 20.4 Å². The van der Waals surface area contributed by atoms with Gasteiger partial charge in [-0.3, -0.25) is 9.59 Å². The molecule has 0 aliphatic rings. The van der Waals surface area contributed by atoms with Crippen molar-refractivity contribution in [2.24, 2.45) is 0 Å². The zero-order valence-electron chi connectivity index (χ0n) is 15.1. The number of hydrogen-bond acceptors (Lipinski definition) is 5. The average molecular weight is 364 g/mol. The van der Waals surface area contributed by atoms with Gasteiger partial charge in [-0.1, -0.05) is 35.0 Å². The van der Waals surface area contributed by atoms with E-state index in [2.05, 4.69) is 20.9 Å². The molecule has 0 atom stereocenters. The smallest absolute Gasteiger partial charge is 0.280 e. The van der Waals surface area contributed by atoms with Crippen LogP contribution in [0.3, 0.4) is 0 Å². The highest BCUT2D eigenvalue weighted by molar-refractivity contribution is 6.05. The molecule has 1 heterocycles. The molecule has 27 heavy (non-hydrogen) atoms. The summed E-state index contributed by atoms with van der Waals surface area (Å²) in [7, 11) is 0. The molecule has 3 rings (SSSR count). The van der Waals surface area contributed by atoms with Gasteiger partial charge in [0.25, 0.3) is 5.91 Å². The Labute approximate surface area is 156 Å². The summed E-state index contributed by atoms with van der Waals surface area (Å²) < 4.78 is 1.19. The third-order valence-electron chi connectivity index (χ3n) is 3.89. The molecule has 0 fully saturated rings. The Bertz CT molecular complexity index is 978. The molecule has 1 aromatic heterocycles. The first-order valence-corrected chi connectivity index (χ1v) is 8.36. The number of nitrogen functional groups attached to an aromatic ring is 1. The van der Waals surface area contributed by atoms with Gasteiger partial charge in [0.05, 0.1) is 0 Å². The quantitative estimate of drug-likeness (QED) is 0.643. The van der Waals surface area contributed by atoms with Crippen LogP contribution in [0.2, 0.25) is 0 Å². The van der Waals surface area contributed by atoms with Crippen molar-refractivity contribution in [1.82, 2.24) is 15.0 Å². The minimum absolute atomic E-state index is 0.0270. The standard InChI is InChI=1S/C19H20N6O2/c1-12-6-8-14(9-7-12)21-16(26)11-25-18(20)17(23-24-25)19(27)22-15-5-3-4-13(2)10-15/h3-10H,11,20H2,1-2H3,(H,21,26)(H,22,27). The fourth-order valence-electron chi connectivity index (χ4n) is 2.49. The van der Waals surface area contributed by atoms with E-state index in [0.29, 0.717) is 11.4 Å². The van der Waals surface area contributed by atoms with E-state index < -0.39 is 5.91 Å². The van der Waals surface area contributed by atoms with E-state index in [1.54, 1.807) is 18.2 Å². The molecule has 0 aliphatic carbocycles. The summed E-state index contributed by atoms with van der Waals surface area (Å²) in [5, 5.41) is 13.1. The van der Waals surface area contributed by atoms with Crippen LogP contribution in [-0.2, 0) is 11.3 Å². The van der Waals surface area contributed by atoms with E-state index in [0.717, 1.165) is 11.1 Å². The number of hydrogen-bond donors (Lipinski definition) is 3. The van der Waals surface area contributed by atoms with Gasteiger partial charge < -0.3 is 16.4 Å². The zero-order chi connectivity index (χ0) is 19.4. The molecule has 0 aliphatic heterocycles. The number of carbonyl (C=O) groups is 2. The summed E-state index contributed by atoms with van der Waals surface area (Å²) in [6, 6.07) is 14.7. The van der Waals surface area contributed by atoms with Gasteiger partial charge in [-0.2, -0.15) is 0 Å². The van der Waals surface area contributed by atoms with Gasteiger partial charge in [0.15, 0.2) is 11.5 Å². The number of nitrogens with one attached hydrogen (secondary N) is 2. The Kier molecular flexibility index (Phi) is 5.16. The lowest BCUT2D eigenvalue weighted by Gasteiger charge is -2.07. The molecule has 0 spiro atoms. The summed E-state index contributed by atoms with van der Waals surface area (Å²) in [5.41, 5.74) is 9.32. The molecule has 3 aromatic rings. The van der Waals surface area contributed by atoms with Crippen molar-refractivity contribution in [3.8, 4) is 0 Å². The molecule has 0 unspecified atom stereocenters. The highest BCUT2D eigenvalue weighted by Crippen LogP contribution is 2.14. The molecular formula is C19H20N6O2. The molecule has 4 N–H and O–H groups in total. The highest BCUT2D eigenvalue weighted by atomic mass is 16.2. The predicted octanol–water partition coefficient (Wildman–Crippen LogP) is 2.37. The third kappa shape index (κ3) is 4.49. The lowest BCUT2D eigenvalue weighted by atomic mass is 10.2. The molecule has 2 amide bonds. The lowest BCUT2D eigenvalue weighted by Crippen LogP contribution is -2.21. The minimum Gasteiger partial charge on any atom is -0.382 e. The molecule has 0 bridgehead atoms. The molecule has 0 saturated heterocycles. The number of nitrogens with zero attached hydrogens (tertiary/aromatic N) is 3. The molecule has 0 radical (unpaired) electrons. The van der Waals surface area contributed by atoms with Gasteiger partial charge in [-0.05, 0) is 43.7 Å². The van der Waals surface area contributed by atoms with Gasteiger partial charge in [-0.25, -0.2) is 4.68 Å². The number of nitrogens with two attached hydrogens (primary N) is 1. The van der Waals surface area contributed by atoms with Crippen LogP contribution in [0, 0.1) is 13.8 Å². The number of benzene rings is 2. The summed E-state index contributed by atoms with van der Waals surface area (Å²) in [5.74, 6) is -0.774. The van der Waals surface area contributed by atoms with E-state index in [4.69, 9.17) is 5.73 Å². The maximum absolute atomic E-state index is 12.4. The van der Waals surface area contributed by atoms with E-state index in [-0.39, 0.29) is 24.0 Å². The van der Waals surface area contributed by atoms with Crippen LogP contribution in [-0.4, -0.2) is 26.8 Å². The first kappa shape index (κ1) is 18.1. The van der Waals surface area contributed by atoms with Crippen LogP contribution in [0.1, 0.15) is 21.6 Å². The maximum Gasteiger partial charge on any atom is 0.280 e. The zero-order valence-corrected chi connectivity index (χ0v) is 15.1. The van der Waals surface area contributed by atoms with Crippen molar-refractivity contribution in [3.63, 3.8) is 0 Å². The Hall–Kier alpha value is -3.68. The topological polar surface area (TPSA) is 115 Å².